The zero-order chi connectivity index (χ0) is 24.6. The smallest absolute Gasteiger partial charge is 0.226 e. The lowest BCUT2D eigenvalue weighted by Gasteiger charge is -2.09. The summed E-state index contributed by atoms with van der Waals surface area (Å²) in [5, 5.41) is 12.3. The van der Waals surface area contributed by atoms with Crippen LogP contribution in [0.4, 0.5) is 5.69 Å². The number of hydrogen-bond acceptors (Lipinski definition) is 6. The van der Waals surface area contributed by atoms with Crippen molar-refractivity contribution in [3.8, 4) is 33.8 Å². The lowest BCUT2D eigenvalue weighted by molar-refractivity contribution is -0.118. The third-order valence-corrected chi connectivity index (χ3v) is 6.03. The fourth-order valence-electron chi connectivity index (χ4n) is 4.13. The van der Waals surface area contributed by atoms with Crippen LogP contribution >= 0.6 is 0 Å². The molecule has 36 heavy (non-hydrogen) atoms. The number of aromatic nitrogens is 7. The number of nitrogens with one attached hydrogen (secondary N) is 3. The molecule has 0 aliphatic rings. The van der Waals surface area contributed by atoms with Crippen molar-refractivity contribution in [2.24, 2.45) is 5.92 Å². The molecule has 0 aliphatic heterocycles. The van der Waals surface area contributed by atoms with Gasteiger partial charge in [-0.15, -0.1) is 0 Å². The van der Waals surface area contributed by atoms with E-state index in [9.17, 15) is 4.79 Å². The highest BCUT2D eigenvalue weighted by Crippen LogP contribution is 2.34. The molecule has 3 N–H and O–H groups in total. The lowest BCUT2D eigenvalue weighted by Crippen LogP contribution is -2.17. The third kappa shape index (κ3) is 3.86. The summed E-state index contributed by atoms with van der Waals surface area (Å²) < 4.78 is 0. The molecular weight excluding hydrogens is 452 g/mol. The normalized spacial score (nSPS) is 11.4. The average molecular weight is 475 g/mol. The predicted molar refractivity (Wildman–Crippen MR) is 139 cm³/mol. The van der Waals surface area contributed by atoms with Gasteiger partial charge in [-0.1, -0.05) is 19.9 Å². The first-order valence-electron chi connectivity index (χ1n) is 11.6. The molecule has 0 spiro atoms. The van der Waals surface area contributed by atoms with Crippen LogP contribution in [0.3, 0.4) is 0 Å². The zero-order valence-electron chi connectivity index (χ0n) is 19.6. The molecule has 6 rings (SSSR count). The number of nitrogens with zero attached hydrogens (tertiary/aromatic N) is 5. The zero-order valence-corrected chi connectivity index (χ0v) is 19.6. The largest absolute Gasteiger partial charge is 0.352 e. The number of fused-ring (bicyclic) bond motifs is 2. The first kappa shape index (κ1) is 21.6. The molecule has 0 saturated carbocycles. The topological polar surface area (TPSA) is 125 Å². The lowest BCUT2D eigenvalue weighted by atomic mass is 10.1. The summed E-state index contributed by atoms with van der Waals surface area (Å²) in [6.07, 6.45) is 10.5. The van der Waals surface area contributed by atoms with Gasteiger partial charge in [0.25, 0.3) is 0 Å². The van der Waals surface area contributed by atoms with Crippen molar-refractivity contribution in [2.75, 3.05) is 5.32 Å². The van der Waals surface area contributed by atoms with Gasteiger partial charge in [0.2, 0.25) is 5.91 Å². The minimum Gasteiger partial charge on any atom is -0.352 e. The van der Waals surface area contributed by atoms with Crippen molar-refractivity contribution >= 4 is 33.5 Å². The summed E-state index contributed by atoms with van der Waals surface area (Å²) in [5.41, 5.74) is 7.35. The fourth-order valence-corrected chi connectivity index (χ4v) is 4.13. The second kappa shape index (κ2) is 8.70. The van der Waals surface area contributed by atoms with E-state index in [0.29, 0.717) is 11.3 Å². The molecule has 176 valence electrons. The van der Waals surface area contributed by atoms with Crippen molar-refractivity contribution in [1.82, 2.24) is 35.1 Å². The highest BCUT2D eigenvalue weighted by Gasteiger charge is 2.16. The summed E-state index contributed by atoms with van der Waals surface area (Å²) in [7, 11) is 0. The van der Waals surface area contributed by atoms with Crippen LogP contribution in [0.1, 0.15) is 13.8 Å². The molecule has 9 nitrogen and oxygen atoms in total. The van der Waals surface area contributed by atoms with Crippen molar-refractivity contribution in [3.05, 3.63) is 73.6 Å². The maximum Gasteiger partial charge on any atom is 0.226 e. The molecular formula is C27H22N8O. The predicted octanol–water partition coefficient (Wildman–Crippen LogP) is 5.22. The Morgan fingerprint density at radius 1 is 0.917 bits per heavy atom. The molecule has 0 aliphatic carbocycles. The van der Waals surface area contributed by atoms with Gasteiger partial charge in [-0.05, 0) is 30.3 Å². The van der Waals surface area contributed by atoms with Crippen LogP contribution in [0.5, 0.6) is 0 Å². The monoisotopic (exact) mass is 474 g/mol. The SMILES string of the molecule is CC(C)C(=O)Nc1cncc(-c2cnc3n[nH]c(-c4cc5c(-c6ccccn6)cncc5[nH]4)c3c2)c1. The van der Waals surface area contributed by atoms with Crippen molar-refractivity contribution in [2.45, 2.75) is 13.8 Å². The number of carbonyl (C=O) groups excluding carboxylic acids is 1. The Kier molecular flexibility index (Phi) is 5.22. The van der Waals surface area contributed by atoms with E-state index in [2.05, 4.69) is 46.5 Å². The Hall–Kier alpha value is -4.92. The quantitative estimate of drug-likeness (QED) is 0.315. The highest BCUT2D eigenvalue weighted by molar-refractivity contribution is 6.00. The molecule has 9 heteroatoms. The van der Waals surface area contributed by atoms with Gasteiger partial charge in [0.05, 0.1) is 40.7 Å². The Balaban J connectivity index is 1.41. The van der Waals surface area contributed by atoms with Crippen LogP contribution in [0.2, 0.25) is 0 Å². The molecule has 0 saturated heterocycles. The van der Waals surface area contributed by atoms with Crippen LogP contribution in [0, 0.1) is 5.92 Å². The summed E-state index contributed by atoms with van der Waals surface area (Å²) >= 11 is 0. The second-order valence-corrected chi connectivity index (χ2v) is 8.85. The average Bonchev–Trinajstić information content (AvgIpc) is 3.53. The van der Waals surface area contributed by atoms with Gasteiger partial charge in [-0.25, -0.2) is 4.98 Å². The van der Waals surface area contributed by atoms with E-state index in [1.165, 1.54) is 0 Å². The first-order valence-corrected chi connectivity index (χ1v) is 11.6. The molecule has 6 aromatic rings. The molecule has 0 fully saturated rings. The van der Waals surface area contributed by atoms with Crippen LogP contribution in [0.25, 0.3) is 55.7 Å². The van der Waals surface area contributed by atoms with Gasteiger partial charge < -0.3 is 10.3 Å². The van der Waals surface area contributed by atoms with E-state index in [-0.39, 0.29) is 11.8 Å². The van der Waals surface area contributed by atoms with E-state index >= 15 is 0 Å². The summed E-state index contributed by atoms with van der Waals surface area (Å²) in [6, 6.07) is 11.8. The van der Waals surface area contributed by atoms with Crippen LogP contribution in [0.15, 0.2) is 73.6 Å². The van der Waals surface area contributed by atoms with Crippen molar-refractivity contribution in [1.29, 1.82) is 0 Å². The third-order valence-electron chi connectivity index (χ3n) is 6.03. The van der Waals surface area contributed by atoms with E-state index in [4.69, 9.17) is 0 Å². The number of H-pyrrole nitrogens is 2. The fraction of sp³-hybridized carbons (Fsp3) is 0.111. The Morgan fingerprint density at radius 3 is 2.61 bits per heavy atom. The van der Waals surface area contributed by atoms with E-state index in [1.807, 2.05) is 50.4 Å². The molecule has 6 heterocycles. The Labute approximate surface area is 206 Å². The van der Waals surface area contributed by atoms with E-state index in [0.717, 1.165) is 50.1 Å². The Bertz CT molecular complexity index is 1720. The van der Waals surface area contributed by atoms with Gasteiger partial charge in [-0.2, -0.15) is 5.10 Å². The van der Waals surface area contributed by atoms with Gasteiger partial charge in [0.15, 0.2) is 5.65 Å². The summed E-state index contributed by atoms with van der Waals surface area (Å²) in [5.74, 6) is -0.178. The molecule has 0 atom stereocenters. The summed E-state index contributed by atoms with van der Waals surface area (Å²) in [4.78, 5) is 33.3. The van der Waals surface area contributed by atoms with Crippen molar-refractivity contribution < 1.29 is 4.79 Å². The minimum absolute atomic E-state index is 0.0574. The molecule has 1 amide bonds. The number of pyridine rings is 4. The highest BCUT2D eigenvalue weighted by atomic mass is 16.1. The number of rotatable bonds is 5. The number of aromatic amines is 2. The molecule has 0 radical (unpaired) electrons. The van der Waals surface area contributed by atoms with Crippen LogP contribution < -0.4 is 5.32 Å². The molecule has 0 bridgehead atoms. The second-order valence-electron chi connectivity index (χ2n) is 8.85. The molecule has 6 aromatic heterocycles. The Morgan fingerprint density at radius 2 is 1.78 bits per heavy atom. The van der Waals surface area contributed by atoms with Crippen LogP contribution in [-0.2, 0) is 4.79 Å². The standard InChI is InChI=1S/C27H22N8O/c1-15(2)27(36)32-18-7-16(10-28-12-18)17-8-20-25(34-35-26(20)31-11-17)23-9-19-21(13-29-14-24(19)33-23)22-5-3-4-6-30-22/h3-15,33H,1-2H3,(H,32,36)(H,31,34,35). The number of anilines is 1. The van der Waals surface area contributed by atoms with Gasteiger partial charge in [0, 0.05) is 58.2 Å². The first-order chi connectivity index (χ1) is 17.6. The van der Waals surface area contributed by atoms with Crippen molar-refractivity contribution in [3.63, 3.8) is 0 Å². The van der Waals surface area contributed by atoms with Gasteiger partial charge in [-0.3, -0.25) is 24.8 Å². The molecule has 0 unspecified atom stereocenters. The molecule has 0 aromatic carbocycles. The minimum atomic E-state index is -0.121. The number of hydrogen-bond donors (Lipinski definition) is 3. The van der Waals surface area contributed by atoms with E-state index in [1.54, 1.807) is 31.0 Å². The number of carbonyl (C=O) groups is 1. The number of amides is 1. The maximum absolute atomic E-state index is 12.1. The van der Waals surface area contributed by atoms with Gasteiger partial charge >= 0.3 is 0 Å². The van der Waals surface area contributed by atoms with E-state index < -0.39 is 0 Å². The van der Waals surface area contributed by atoms with Crippen LogP contribution in [-0.4, -0.2) is 41.0 Å². The summed E-state index contributed by atoms with van der Waals surface area (Å²) in [6.45, 7) is 3.70. The maximum atomic E-state index is 12.1. The van der Waals surface area contributed by atoms with Gasteiger partial charge in [0.1, 0.15) is 0 Å².